The largest absolute Gasteiger partial charge is 0.655 e. The molecule has 0 atom stereocenters. The molecule has 0 spiro atoms. The molecule has 0 heterocycles. The van der Waals surface area contributed by atoms with Crippen LogP contribution in [-0.4, -0.2) is 42.2 Å². The van der Waals surface area contributed by atoms with Gasteiger partial charge in [-0.05, 0) is 19.1 Å². The number of rotatable bonds is 3. The molecule has 0 aliphatic heterocycles. The topological polar surface area (TPSA) is 96.0 Å². The maximum absolute atomic E-state index is 11.1. The zero-order valence-electron chi connectivity index (χ0n) is 13.0. The Morgan fingerprint density at radius 2 is 1.45 bits per heavy atom. The van der Waals surface area contributed by atoms with Crippen LogP contribution in [0.2, 0.25) is 0 Å². The molecule has 0 unspecified atom stereocenters. The van der Waals surface area contributed by atoms with Gasteiger partial charge in [0.15, 0.2) is 0 Å². The Balaban J connectivity index is -0.000000304. The van der Waals surface area contributed by atoms with E-state index in [1.165, 1.54) is 39.7 Å². The van der Waals surface area contributed by atoms with Crippen molar-refractivity contribution in [1.82, 2.24) is 0 Å². The third kappa shape index (κ3) is 13.7. The predicted octanol–water partition coefficient (Wildman–Crippen LogP) is 1.21. The normalized spacial score (nSPS) is 8.77. The Hall–Kier alpha value is -1.24. The van der Waals surface area contributed by atoms with Gasteiger partial charge >= 0.3 is 5.97 Å². The number of hydrogen-bond acceptors (Lipinski definition) is 7. The van der Waals surface area contributed by atoms with Crippen molar-refractivity contribution in [3.8, 4) is 0 Å². The summed E-state index contributed by atoms with van der Waals surface area (Å²) in [6.07, 6.45) is 0. The van der Waals surface area contributed by atoms with Crippen molar-refractivity contribution >= 4 is 22.6 Å². The number of carbonyl (C=O) groups excluding carboxylic acids is 2. The van der Waals surface area contributed by atoms with Crippen LogP contribution in [0.15, 0.2) is 29.2 Å². The van der Waals surface area contributed by atoms with E-state index in [1.807, 2.05) is 6.92 Å². The van der Waals surface area contributed by atoms with Gasteiger partial charge in [-0.3, -0.25) is 8.98 Å². The first-order valence-corrected chi connectivity index (χ1v) is 6.97. The summed E-state index contributed by atoms with van der Waals surface area (Å²) in [4.78, 5) is 18.6. The van der Waals surface area contributed by atoms with Crippen molar-refractivity contribution in [2.45, 2.75) is 18.7 Å². The van der Waals surface area contributed by atoms with E-state index in [4.69, 9.17) is 4.79 Å². The molecular weight excluding hydrogens is 484 g/mol. The maximum atomic E-state index is 11.1. The molecule has 0 aromatic heterocycles. The Labute approximate surface area is 145 Å². The third-order valence-corrected chi connectivity index (χ3v) is 3.19. The average molecular weight is 503 g/mol. The van der Waals surface area contributed by atoms with Gasteiger partial charge in [0, 0.05) is 35.1 Å². The fourth-order valence-electron chi connectivity index (χ4n) is 0.801. The van der Waals surface area contributed by atoms with Gasteiger partial charge in [0.05, 0.1) is 19.1 Å². The van der Waals surface area contributed by atoms with Gasteiger partial charge in [0.25, 0.3) is 10.1 Å². The van der Waals surface area contributed by atoms with Crippen LogP contribution in [0.1, 0.15) is 12.5 Å². The number of ether oxygens (including phenoxy) is 2. The van der Waals surface area contributed by atoms with Crippen LogP contribution in [0.5, 0.6) is 0 Å². The van der Waals surface area contributed by atoms with Gasteiger partial charge in [-0.25, -0.2) is 0 Å². The summed E-state index contributed by atoms with van der Waals surface area (Å²) in [5, 5.41) is 0. The maximum Gasteiger partial charge on any atom is 0.302 e. The van der Waals surface area contributed by atoms with E-state index in [0.29, 0.717) is 0 Å². The van der Waals surface area contributed by atoms with Crippen LogP contribution in [0.3, 0.4) is 0 Å². The Morgan fingerprint density at radius 1 is 1.09 bits per heavy atom. The zero-order valence-corrected chi connectivity index (χ0v) is 16.7. The number of benzene rings is 1. The zero-order chi connectivity index (χ0) is 16.9. The molecule has 126 valence electrons. The van der Waals surface area contributed by atoms with Crippen LogP contribution >= 0.6 is 0 Å². The fraction of sp³-hybridized carbons (Fsp3) is 0.385. The minimum atomic E-state index is -3.51. The smallest absolute Gasteiger partial charge is 0.302 e. The molecule has 9 heteroatoms. The van der Waals surface area contributed by atoms with Crippen molar-refractivity contribution in [1.29, 1.82) is 0 Å². The molecule has 0 aliphatic carbocycles. The van der Waals surface area contributed by atoms with Gasteiger partial charge in [0.1, 0.15) is 0 Å². The van der Waals surface area contributed by atoms with Crippen molar-refractivity contribution < 1.29 is 52.7 Å². The monoisotopic (exact) mass is 503 g/mol. The van der Waals surface area contributed by atoms with E-state index in [1.54, 1.807) is 12.1 Å². The van der Waals surface area contributed by atoms with Crippen molar-refractivity contribution in [3.05, 3.63) is 29.8 Å². The second-order valence-corrected chi connectivity index (χ2v) is 5.13. The molecule has 0 amide bonds. The molecule has 1 rings (SSSR count). The van der Waals surface area contributed by atoms with Gasteiger partial charge < -0.3 is 14.3 Å². The first kappa shape index (κ1) is 25.7. The molecule has 0 saturated heterocycles. The predicted molar refractivity (Wildman–Crippen MR) is 75.8 cm³/mol. The van der Waals surface area contributed by atoms with E-state index in [0.717, 1.165) is 12.7 Å². The van der Waals surface area contributed by atoms with Crippen molar-refractivity contribution in [2.75, 3.05) is 21.3 Å². The van der Waals surface area contributed by atoms with Crippen LogP contribution in [-0.2, 0) is 54.4 Å². The third-order valence-electron chi connectivity index (χ3n) is 1.90. The summed E-state index contributed by atoms with van der Waals surface area (Å²) in [6, 6.07) is 6.50. The minimum Gasteiger partial charge on any atom is -0.655 e. The second-order valence-electron chi connectivity index (χ2n) is 3.42. The Morgan fingerprint density at radius 3 is 1.68 bits per heavy atom. The van der Waals surface area contributed by atoms with Crippen LogP contribution in [0, 0.1) is 6.92 Å². The standard InChI is InChI=1S/C8H10O3S.C3H6O2.C2H3O2.W/c1-7-3-5-8(6-4-7)12(9,10)11-2;1-3(4)5-2;1-4-2-3;/h3-6H,1-2H3;1-2H3;1H3;/q;;-1;. The quantitative estimate of drug-likeness (QED) is 0.348. The minimum absolute atomic E-state index is 0. The summed E-state index contributed by atoms with van der Waals surface area (Å²) >= 11 is 0. The second kappa shape index (κ2) is 14.7. The van der Waals surface area contributed by atoms with Crippen LogP contribution < -0.4 is 0 Å². The molecule has 1 aromatic rings. The molecule has 0 bridgehead atoms. The molecule has 0 aliphatic rings. The summed E-state index contributed by atoms with van der Waals surface area (Å²) in [5.41, 5.74) is 1.02. The number of hydrogen-bond donors (Lipinski definition) is 0. The molecular formula is C13H19O7SW-. The molecule has 22 heavy (non-hydrogen) atoms. The molecule has 0 fully saturated rings. The molecule has 0 radical (unpaired) electrons. The first-order valence-electron chi connectivity index (χ1n) is 5.57. The van der Waals surface area contributed by atoms with Gasteiger partial charge in [0.2, 0.25) is 0 Å². The molecule has 1 aromatic carbocycles. The van der Waals surface area contributed by atoms with Gasteiger partial charge in [-0.1, -0.05) is 24.2 Å². The SMILES string of the molecule is COC(C)=O.COS(=O)(=O)c1ccc(C)cc1.CO[C-]=O.[W]. The number of aryl methyl sites for hydroxylation is 1. The van der Waals surface area contributed by atoms with E-state index in [-0.39, 0.29) is 31.9 Å². The van der Waals surface area contributed by atoms with E-state index in [9.17, 15) is 13.2 Å². The summed E-state index contributed by atoms with van der Waals surface area (Å²) < 4.78 is 34.4. The van der Waals surface area contributed by atoms with Gasteiger partial charge in [-0.15, -0.1) is 0 Å². The first-order chi connectivity index (χ1) is 9.74. The van der Waals surface area contributed by atoms with Crippen LogP contribution in [0.4, 0.5) is 0 Å². The van der Waals surface area contributed by atoms with E-state index >= 15 is 0 Å². The van der Waals surface area contributed by atoms with E-state index < -0.39 is 10.1 Å². The number of methoxy groups -OCH3 is 2. The fourth-order valence-corrected chi connectivity index (χ4v) is 1.46. The van der Waals surface area contributed by atoms with Crippen molar-refractivity contribution in [2.24, 2.45) is 0 Å². The van der Waals surface area contributed by atoms with Gasteiger partial charge in [-0.2, -0.15) is 8.42 Å². The molecule has 0 saturated carbocycles. The molecule has 7 nitrogen and oxygen atoms in total. The average Bonchev–Trinajstić information content (AvgIpc) is 2.48. The Bertz CT molecular complexity index is 512. The van der Waals surface area contributed by atoms with Crippen molar-refractivity contribution in [3.63, 3.8) is 0 Å². The Kier molecular flexibility index (Phi) is 17.2. The summed E-state index contributed by atoms with van der Waals surface area (Å²) in [7, 11) is 0.240. The summed E-state index contributed by atoms with van der Waals surface area (Å²) in [6.45, 7) is 4.43. The summed E-state index contributed by atoms with van der Waals surface area (Å²) in [5.74, 6) is -0.245. The molecule has 0 N–H and O–H groups in total. The van der Waals surface area contributed by atoms with Crippen LogP contribution in [0.25, 0.3) is 0 Å². The van der Waals surface area contributed by atoms with E-state index in [2.05, 4.69) is 13.7 Å². The number of carbonyl (C=O) groups is 1. The number of esters is 1.